The van der Waals surface area contributed by atoms with Crippen molar-refractivity contribution < 1.29 is 13.6 Å². The van der Waals surface area contributed by atoms with Gasteiger partial charge < -0.3 is 10.6 Å². The molecule has 1 aliphatic heterocycles. The largest absolute Gasteiger partial charge is 0.321 e. The second-order valence-electron chi connectivity index (χ2n) is 5.16. The zero-order valence-corrected chi connectivity index (χ0v) is 12.8. The minimum Gasteiger partial charge on any atom is -0.321 e. The first-order chi connectivity index (χ1) is 9.48. The Kier molecular flexibility index (Phi) is 4.75. The average Bonchev–Trinajstić information content (AvgIpc) is 2.83. The maximum Gasteiger partial charge on any atom is 0.232 e. The van der Waals surface area contributed by atoms with Gasteiger partial charge in [0, 0.05) is 11.0 Å². The van der Waals surface area contributed by atoms with Crippen molar-refractivity contribution in [3.05, 3.63) is 28.2 Å². The van der Waals surface area contributed by atoms with Crippen LogP contribution in [0.5, 0.6) is 0 Å². The third-order valence-electron chi connectivity index (χ3n) is 3.70. The second kappa shape index (κ2) is 6.18. The first kappa shape index (κ1) is 15.4. The van der Waals surface area contributed by atoms with E-state index in [0.717, 1.165) is 25.1 Å². The molecule has 1 heterocycles. The second-order valence-corrected chi connectivity index (χ2v) is 6.07. The summed E-state index contributed by atoms with van der Waals surface area (Å²) in [5.74, 6) is -1.87. The zero-order chi connectivity index (χ0) is 14.8. The fourth-order valence-electron chi connectivity index (χ4n) is 2.65. The molecule has 2 N–H and O–H groups in total. The fourth-order valence-corrected chi connectivity index (χ4v) is 3.05. The molecule has 2 rings (SSSR count). The van der Waals surface area contributed by atoms with E-state index in [1.807, 2.05) is 6.92 Å². The molecule has 1 atom stereocenters. The van der Waals surface area contributed by atoms with Gasteiger partial charge in [0.15, 0.2) is 11.6 Å². The Bertz CT molecular complexity index is 493. The van der Waals surface area contributed by atoms with E-state index in [2.05, 4.69) is 26.6 Å². The lowest BCUT2D eigenvalue weighted by atomic mass is 9.81. The van der Waals surface area contributed by atoms with Gasteiger partial charge in [-0.15, -0.1) is 0 Å². The molecule has 0 aromatic heterocycles. The summed E-state index contributed by atoms with van der Waals surface area (Å²) in [6.45, 7) is 3.29. The molecule has 0 spiro atoms. The molecule has 0 aliphatic carbocycles. The molecule has 1 aromatic carbocycles. The minimum absolute atomic E-state index is 0.302. The highest BCUT2D eigenvalue weighted by Crippen LogP contribution is 2.33. The van der Waals surface area contributed by atoms with Crippen LogP contribution in [-0.2, 0) is 4.79 Å². The fraction of sp³-hybridized carbons (Fsp3) is 0.500. The van der Waals surface area contributed by atoms with E-state index in [1.54, 1.807) is 0 Å². The Balaban J connectivity index is 2.23. The van der Waals surface area contributed by atoms with E-state index in [1.165, 1.54) is 0 Å². The molecule has 3 nitrogen and oxygen atoms in total. The number of carbonyl (C=O) groups excluding carboxylic acids is 1. The van der Waals surface area contributed by atoms with E-state index in [4.69, 9.17) is 0 Å². The highest BCUT2D eigenvalue weighted by atomic mass is 79.9. The predicted octanol–water partition coefficient (Wildman–Crippen LogP) is 3.45. The molecule has 0 bridgehead atoms. The molecule has 1 aromatic rings. The lowest BCUT2D eigenvalue weighted by Crippen LogP contribution is -2.38. The number of amides is 1. The molecule has 110 valence electrons. The lowest BCUT2D eigenvalue weighted by Gasteiger charge is -2.26. The summed E-state index contributed by atoms with van der Waals surface area (Å²) in [6.07, 6.45) is 2.23. The number of hydrogen-bond acceptors (Lipinski definition) is 2. The monoisotopic (exact) mass is 346 g/mol. The van der Waals surface area contributed by atoms with Crippen LogP contribution in [0, 0.1) is 17.0 Å². The van der Waals surface area contributed by atoms with E-state index in [-0.39, 0.29) is 11.6 Å². The number of benzene rings is 1. The molecule has 6 heteroatoms. The van der Waals surface area contributed by atoms with Crippen molar-refractivity contribution in [2.24, 2.45) is 5.41 Å². The minimum atomic E-state index is -0.775. The van der Waals surface area contributed by atoms with Crippen LogP contribution < -0.4 is 10.6 Å². The molecule has 0 radical (unpaired) electrons. The molecular formula is C14H17BrF2N2O. The molecule has 1 aliphatic rings. The predicted molar refractivity (Wildman–Crippen MR) is 77.5 cm³/mol. The Morgan fingerprint density at radius 2 is 2.10 bits per heavy atom. The molecular weight excluding hydrogens is 330 g/mol. The van der Waals surface area contributed by atoms with Crippen LogP contribution in [0.15, 0.2) is 16.6 Å². The summed E-state index contributed by atoms with van der Waals surface area (Å²) in [7, 11) is 0. The van der Waals surface area contributed by atoms with Gasteiger partial charge in [-0.3, -0.25) is 4.79 Å². The SMILES string of the molecule is CCCC1(C(=O)Nc2c(F)cc(Br)cc2F)CCNC1. The molecule has 1 saturated heterocycles. The topological polar surface area (TPSA) is 41.1 Å². The maximum absolute atomic E-state index is 13.8. The maximum atomic E-state index is 13.8. The Labute approximate surface area is 125 Å². The van der Waals surface area contributed by atoms with E-state index in [9.17, 15) is 13.6 Å². The van der Waals surface area contributed by atoms with Crippen LogP contribution in [0.3, 0.4) is 0 Å². The highest BCUT2D eigenvalue weighted by molar-refractivity contribution is 9.10. The van der Waals surface area contributed by atoms with Crippen LogP contribution in [0.2, 0.25) is 0 Å². The van der Waals surface area contributed by atoms with Crippen LogP contribution in [0.1, 0.15) is 26.2 Å². The number of halogens is 3. The van der Waals surface area contributed by atoms with E-state index in [0.29, 0.717) is 23.9 Å². The van der Waals surface area contributed by atoms with Crippen LogP contribution in [-0.4, -0.2) is 19.0 Å². The van der Waals surface area contributed by atoms with Gasteiger partial charge in [-0.2, -0.15) is 0 Å². The van der Waals surface area contributed by atoms with E-state index < -0.39 is 17.0 Å². The molecule has 1 unspecified atom stereocenters. The molecule has 1 amide bonds. The first-order valence-electron chi connectivity index (χ1n) is 6.65. The highest BCUT2D eigenvalue weighted by Gasteiger charge is 2.40. The van der Waals surface area contributed by atoms with Crippen LogP contribution >= 0.6 is 15.9 Å². The third kappa shape index (κ3) is 3.01. The number of rotatable bonds is 4. The normalized spacial score (nSPS) is 22.0. The summed E-state index contributed by atoms with van der Waals surface area (Å²) in [5, 5.41) is 5.57. The van der Waals surface area contributed by atoms with Gasteiger partial charge in [-0.05, 0) is 31.5 Å². The van der Waals surface area contributed by atoms with Crippen molar-refractivity contribution in [3.8, 4) is 0 Å². The Morgan fingerprint density at radius 1 is 1.45 bits per heavy atom. The first-order valence-corrected chi connectivity index (χ1v) is 7.44. The van der Waals surface area contributed by atoms with Gasteiger partial charge in [0.05, 0.1) is 5.41 Å². The summed E-state index contributed by atoms with van der Waals surface area (Å²) in [5.41, 5.74) is -0.943. The number of carbonyl (C=O) groups is 1. The number of hydrogen-bond donors (Lipinski definition) is 2. The van der Waals surface area contributed by atoms with Crippen molar-refractivity contribution in [3.63, 3.8) is 0 Å². The summed E-state index contributed by atoms with van der Waals surface area (Å²) in [6, 6.07) is 2.27. The van der Waals surface area contributed by atoms with Crippen LogP contribution in [0.4, 0.5) is 14.5 Å². The van der Waals surface area contributed by atoms with Crippen molar-refractivity contribution in [2.75, 3.05) is 18.4 Å². The summed E-state index contributed by atoms with van der Waals surface area (Å²) >= 11 is 3.01. The van der Waals surface area contributed by atoms with Gasteiger partial charge in [0.2, 0.25) is 5.91 Å². The van der Waals surface area contributed by atoms with Crippen molar-refractivity contribution in [1.82, 2.24) is 5.32 Å². The van der Waals surface area contributed by atoms with Gasteiger partial charge in [-0.25, -0.2) is 8.78 Å². The Hall–Kier alpha value is -1.01. The van der Waals surface area contributed by atoms with Gasteiger partial charge in [0.1, 0.15) is 5.69 Å². The van der Waals surface area contributed by atoms with Crippen LogP contribution in [0.25, 0.3) is 0 Å². The summed E-state index contributed by atoms with van der Waals surface area (Å²) in [4.78, 5) is 12.4. The Morgan fingerprint density at radius 3 is 2.60 bits per heavy atom. The molecule has 20 heavy (non-hydrogen) atoms. The van der Waals surface area contributed by atoms with E-state index >= 15 is 0 Å². The third-order valence-corrected chi connectivity index (χ3v) is 4.16. The molecule has 0 saturated carbocycles. The van der Waals surface area contributed by atoms with Gasteiger partial charge in [-0.1, -0.05) is 29.3 Å². The van der Waals surface area contributed by atoms with Crippen molar-refractivity contribution in [1.29, 1.82) is 0 Å². The van der Waals surface area contributed by atoms with Gasteiger partial charge >= 0.3 is 0 Å². The number of anilines is 1. The van der Waals surface area contributed by atoms with Crippen molar-refractivity contribution in [2.45, 2.75) is 26.2 Å². The average molecular weight is 347 g/mol. The quantitative estimate of drug-likeness (QED) is 0.876. The smallest absolute Gasteiger partial charge is 0.232 e. The van der Waals surface area contributed by atoms with Gasteiger partial charge in [0.25, 0.3) is 0 Å². The summed E-state index contributed by atoms with van der Waals surface area (Å²) < 4.78 is 27.8. The van der Waals surface area contributed by atoms with Crippen molar-refractivity contribution >= 4 is 27.5 Å². The number of nitrogens with one attached hydrogen (secondary N) is 2. The lowest BCUT2D eigenvalue weighted by molar-refractivity contribution is -0.125. The zero-order valence-electron chi connectivity index (χ0n) is 11.2. The molecule has 1 fully saturated rings. The standard InChI is InChI=1S/C14H17BrF2N2O/c1-2-3-14(4-5-18-8-14)13(20)19-12-10(16)6-9(15)7-11(12)17/h6-7,18H,2-5,8H2,1H3,(H,19,20).